The van der Waals surface area contributed by atoms with Gasteiger partial charge in [-0.2, -0.15) is 8.42 Å². The van der Waals surface area contributed by atoms with Crippen LogP contribution in [0.2, 0.25) is 0 Å². The van der Waals surface area contributed by atoms with Crippen LogP contribution in [0.25, 0.3) is 0 Å². The lowest BCUT2D eigenvalue weighted by molar-refractivity contribution is 0.490. The summed E-state index contributed by atoms with van der Waals surface area (Å²) in [6.45, 7) is 4.35. The summed E-state index contributed by atoms with van der Waals surface area (Å²) in [6.07, 6.45) is 0.715. The van der Waals surface area contributed by atoms with Gasteiger partial charge in [-0.05, 0) is 17.5 Å². The quantitative estimate of drug-likeness (QED) is 0.593. The van der Waals surface area contributed by atoms with Crippen molar-refractivity contribution in [2.75, 3.05) is 6.26 Å². The molecule has 0 bridgehead atoms. The van der Waals surface area contributed by atoms with Gasteiger partial charge in [0.15, 0.2) is 0 Å². The standard InChI is InChI=1S/C9H12S.CH4O3S/c1-7(2)8-5-3-4-6-9(8)10;1-5(2,3)4/h3-7,10H,1-2H3;1H3,(H,2,3,4). The van der Waals surface area contributed by atoms with Gasteiger partial charge in [-0.15, -0.1) is 12.6 Å². The minimum Gasteiger partial charge on any atom is -0.286 e. The molecule has 0 aromatic heterocycles. The zero-order chi connectivity index (χ0) is 12.1. The molecule has 0 fully saturated rings. The van der Waals surface area contributed by atoms with E-state index in [9.17, 15) is 8.42 Å². The van der Waals surface area contributed by atoms with Crippen molar-refractivity contribution < 1.29 is 13.0 Å². The molecule has 0 aliphatic rings. The molecule has 1 aromatic rings. The van der Waals surface area contributed by atoms with Crippen molar-refractivity contribution in [3.8, 4) is 0 Å². The van der Waals surface area contributed by atoms with Crippen LogP contribution in [0.4, 0.5) is 0 Å². The highest BCUT2D eigenvalue weighted by molar-refractivity contribution is 7.85. The average molecular weight is 248 g/mol. The van der Waals surface area contributed by atoms with E-state index < -0.39 is 10.1 Å². The Kier molecular flexibility index (Phi) is 5.93. The van der Waals surface area contributed by atoms with Gasteiger partial charge < -0.3 is 0 Å². The van der Waals surface area contributed by atoms with Crippen molar-refractivity contribution in [2.24, 2.45) is 0 Å². The highest BCUT2D eigenvalue weighted by atomic mass is 32.2. The zero-order valence-corrected chi connectivity index (χ0v) is 10.7. The molecule has 0 spiro atoms. The maximum absolute atomic E-state index is 9.19. The summed E-state index contributed by atoms with van der Waals surface area (Å²) < 4.78 is 25.9. The smallest absolute Gasteiger partial charge is 0.261 e. The summed E-state index contributed by atoms with van der Waals surface area (Å²) in [5.74, 6) is 0.577. The van der Waals surface area contributed by atoms with Crippen LogP contribution in [-0.2, 0) is 10.1 Å². The van der Waals surface area contributed by atoms with Gasteiger partial charge in [-0.1, -0.05) is 32.0 Å². The second kappa shape index (κ2) is 6.15. The summed E-state index contributed by atoms with van der Waals surface area (Å²) >= 11 is 4.34. The Morgan fingerprint density at radius 2 is 1.67 bits per heavy atom. The first-order valence-electron chi connectivity index (χ1n) is 4.42. The molecule has 1 rings (SSSR count). The fourth-order valence-corrected chi connectivity index (χ4v) is 1.39. The van der Waals surface area contributed by atoms with Gasteiger partial charge in [-0.25, -0.2) is 0 Å². The lowest BCUT2D eigenvalue weighted by Gasteiger charge is -2.06. The third kappa shape index (κ3) is 8.47. The molecule has 0 radical (unpaired) electrons. The van der Waals surface area contributed by atoms with Crippen LogP contribution >= 0.6 is 12.6 Å². The molecular formula is C10H16O3S2. The van der Waals surface area contributed by atoms with Crippen LogP contribution in [0.5, 0.6) is 0 Å². The third-order valence-electron chi connectivity index (χ3n) is 1.56. The highest BCUT2D eigenvalue weighted by Gasteiger charge is 2.00. The molecule has 1 N–H and O–H groups in total. The Morgan fingerprint density at radius 3 is 1.93 bits per heavy atom. The van der Waals surface area contributed by atoms with E-state index in [1.165, 1.54) is 5.56 Å². The maximum atomic E-state index is 9.19. The first-order chi connectivity index (χ1) is 6.72. The van der Waals surface area contributed by atoms with Crippen LogP contribution in [0, 0.1) is 0 Å². The van der Waals surface area contributed by atoms with Gasteiger partial charge in [0.25, 0.3) is 10.1 Å². The number of hydrogen-bond acceptors (Lipinski definition) is 3. The van der Waals surface area contributed by atoms with Crippen LogP contribution in [0.3, 0.4) is 0 Å². The van der Waals surface area contributed by atoms with Gasteiger partial charge in [0.1, 0.15) is 0 Å². The van der Waals surface area contributed by atoms with Crippen molar-refractivity contribution in [3.63, 3.8) is 0 Å². The van der Waals surface area contributed by atoms with E-state index in [0.29, 0.717) is 12.2 Å². The summed E-state index contributed by atoms with van der Waals surface area (Å²) in [5.41, 5.74) is 1.32. The topological polar surface area (TPSA) is 54.4 Å². The normalized spacial score (nSPS) is 10.8. The molecule has 5 heteroatoms. The Labute approximate surface area is 96.7 Å². The van der Waals surface area contributed by atoms with Gasteiger partial charge in [-0.3, -0.25) is 4.55 Å². The first-order valence-corrected chi connectivity index (χ1v) is 6.71. The van der Waals surface area contributed by atoms with Crippen LogP contribution in [-0.4, -0.2) is 19.2 Å². The Morgan fingerprint density at radius 1 is 1.27 bits per heavy atom. The third-order valence-corrected chi connectivity index (χ3v) is 1.97. The van der Waals surface area contributed by atoms with Crippen molar-refractivity contribution in [1.29, 1.82) is 0 Å². The predicted octanol–water partition coefficient (Wildman–Crippen LogP) is 2.60. The summed E-state index contributed by atoms with van der Waals surface area (Å²) in [4.78, 5) is 1.09. The fourth-order valence-electron chi connectivity index (χ4n) is 0.976. The fraction of sp³-hybridized carbons (Fsp3) is 0.400. The lowest BCUT2D eigenvalue weighted by Crippen LogP contribution is -1.88. The largest absolute Gasteiger partial charge is 0.286 e. The molecule has 0 amide bonds. The van der Waals surface area contributed by atoms with Gasteiger partial charge in [0.2, 0.25) is 0 Å². The van der Waals surface area contributed by atoms with Crippen LogP contribution < -0.4 is 0 Å². The molecular weight excluding hydrogens is 232 g/mol. The second-order valence-corrected chi connectivity index (χ2v) is 5.39. The summed E-state index contributed by atoms with van der Waals surface area (Å²) in [6, 6.07) is 8.20. The monoisotopic (exact) mass is 248 g/mol. The van der Waals surface area contributed by atoms with E-state index in [2.05, 4.69) is 38.6 Å². The summed E-state index contributed by atoms with van der Waals surface area (Å²) in [5, 5.41) is 0. The van der Waals surface area contributed by atoms with Gasteiger partial charge in [0, 0.05) is 4.90 Å². The van der Waals surface area contributed by atoms with E-state index in [1.807, 2.05) is 12.1 Å². The van der Waals surface area contributed by atoms with Crippen molar-refractivity contribution in [1.82, 2.24) is 0 Å². The van der Waals surface area contributed by atoms with E-state index in [-0.39, 0.29) is 0 Å². The minimum absolute atomic E-state index is 0.577. The zero-order valence-electron chi connectivity index (χ0n) is 9.01. The molecule has 86 valence electrons. The van der Waals surface area contributed by atoms with E-state index >= 15 is 0 Å². The van der Waals surface area contributed by atoms with Crippen molar-refractivity contribution >= 4 is 22.7 Å². The number of rotatable bonds is 1. The van der Waals surface area contributed by atoms with Crippen molar-refractivity contribution in [2.45, 2.75) is 24.7 Å². The minimum atomic E-state index is -3.67. The lowest BCUT2D eigenvalue weighted by atomic mass is 10.0. The Balaban J connectivity index is 0.000000336. The van der Waals surface area contributed by atoms with E-state index in [4.69, 9.17) is 4.55 Å². The number of benzene rings is 1. The van der Waals surface area contributed by atoms with E-state index in [0.717, 1.165) is 4.90 Å². The first kappa shape index (κ1) is 14.5. The molecule has 15 heavy (non-hydrogen) atoms. The highest BCUT2D eigenvalue weighted by Crippen LogP contribution is 2.21. The molecule has 0 aliphatic carbocycles. The van der Waals surface area contributed by atoms with Gasteiger partial charge in [0.05, 0.1) is 6.26 Å². The Bertz CT molecular complexity index is 389. The van der Waals surface area contributed by atoms with Crippen LogP contribution in [0.1, 0.15) is 25.3 Å². The molecule has 0 heterocycles. The molecule has 0 atom stereocenters. The predicted molar refractivity (Wildman–Crippen MR) is 65.3 cm³/mol. The molecule has 0 saturated heterocycles. The second-order valence-electron chi connectivity index (χ2n) is 3.45. The van der Waals surface area contributed by atoms with Crippen LogP contribution in [0.15, 0.2) is 29.2 Å². The molecule has 0 aliphatic heterocycles. The SMILES string of the molecule is CC(C)c1ccccc1S.CS(=O)(=O)O. The average Bonchev–Trinajstić information content (AvgIpc) is 2.01. The summed E-state index contributed by atoms with van der Waals surface area (Å²) in [7, 11) is -3.67. The Hall–Kier alpha value is -0.520. The number of hydrogen-bond donors (Lipinski definition) is 2. The maximum Gasteiger partial charge on any atom is 0.261 e. The molecule has 1 aromatic carbocycles. The number of thiol groups is 1. The molecule has 3 nitrogen and oxygen atoms in total. The van der Waals surface area contributed by atoms with E-state index in [1.54, 1.807) is 0 Å². The molecule has 0 saturated carbocycles. The van der Waals surface area contributed by atoms with Gasteiger partial charge >= 0.3 is 0 Å². The molecule has 0 unspecified atom stereocenters. The van der Waals surface area contributed by atoms with Crippen molar-refractivity contribution in [3.05, 3.63) is 29.8 Å².